The second-order valence-corrected chi connectivity index (χ2v) is 1.60. The lowest BCUT2D eigenvalue weighted by molar-refractivity contribution is -0.312. The van der Waals surface area contributed by atoms with E-state index >= 15 is 0 Å². The van der Waals surface area contributed by atoms with E-state index in [4.69, 9.17) is 0 Å². The largest absolute Gasteiger partial charge is 0.417 e. The zero-order valence-corrected chi connectivity index (χ0v) is 5.86. The summed E-state index contributed by atoms with van der Waals surface area (Å²) < 4.78 is 53.9. The Labute approximate surface area is 65.2 Å². The number of hydrogen-bond acceptors (Lipinski definition) is 3. The van der Waals surface area contributed by atoms with Crippen molar-refractivity contribution in [2.45, 2.75) is 6.04 Å². The topological polar surface area (TPSA) is 35.5 Å². The molecule has 0 radical (unpaired) electrons. The van der Waals surface area contributed by atoms with E-state index in [1.165, 1.54) is 0 Å². The summed E-state index contributed by atoms with van der Waals surface area (Å²) in [5.74, 6) is 0. The van der Waals surface area contributed by atoms with Crippen LogP contribution in [0.3, 0.4) is 0 Å². The minimum Gasteiger partial charge on any atom is -0.313 e. The molecule has 7 heteroatoms. The first-order chi connectivity index (χ1) is 5.56. The van der Waals surface area contributed by atoms with Gasteiger partial charge in [-0.1, -0.05) is 0 Å². The second kappa shape index (κ2) is 5.04. The van der Waals surface area contributed by atoms with Gasteiger partial charge in [-0.2, -0.15) is 8.78 Å². The quantitative estimate of drug-likeness (QED) is 0.356. The van der Waals surface area contributed by atoms with Crippen molar-refractivity contribution >= 4 is 6.04 Å². The Bertz CT molecular complexity index is 154. The summed E-state index contributed by atoms with van der Waals surface area (Å²) in [6.07, 6.45) is 0. The van der Waals surface area contributed by atoms with Crippen molar-refractivity contribution < 1.29 is 31.8 Å². The molecule has 0 bridgehead atoms. The van der Waals surface area contributed by atoms with Gasteiger partial charge < -0.3 is 4.74 Å². The zero-order chi connectivity index (χ0) is 9.61. The highest BCUT2D eigenvalue weighted by atomic mass is 19.2. The Morgan fingerprint density at radius 1 is 1.33 bits per heavy atom. The molecule has 1 unspecified atom stereocenters. The molecule has 0 fully saturated rings. The van der Waals surface area contributed by atoms with Crippen LogP contribution in [0.15, 0.2) is 0 Å². The minimum atomic E-state index is -3.82. The fourth-order valence-electron chi connectivity index (χ4n) is 0.395. The normalized spacial score (nSPS) is 15.7. The summed E-state index contributed by atoms with van der Waals surface area (Å²) in [5, 5.41) is 0. The third-order valence-electron chi connectivity index (χ3n) is 0.840. The van der Waals surface area contributed by atoms with Crippen LogP contribution in [-0.4, -0.2) is 32.2 Å². The standard InChI is InChI=1S/C5H6F4O3/c6-1-2-11-5(9,4(8)10)12-3-7/h1-3H2. The highest BCUT2D eigenvalue weighted by Gasteiger charge is 2.42. The number of alkyl halides is 3. The van der Waals surface area contributed by atoms with Crippen LogP contribution in [0.2, 0.25) is 0 Å². The van der Waals surface area contributed by atoms with Crippen LogP contribution in [0.5, 0.6) is 0 Å². The van der Waals surface area contributed by atoms with Gasteiger partial charge in [0.05, 0.1) is 6.61 Å². The molecule has 0 aromatic carbocycles. The Kier molecular flexibility index (Phi) is 4.75. The number of hydrogen-bond donors (Lipinski definition) is 0. The van der Waals surface area contributed by atoms with E-state index in [-0.39, 0.29) is 0 Å². The zero-order valence-electron chi connectivity index (χ0n) is 5.86. The van der Waals surface area contributed by atoms with E-state index in [0.29, 0.717) is 0 Å². The first-order valence-corrected chi connectivity index (χ1v) is 2.85. The third-order valence-corrected chi connectivity index (χ3v) is 0.840. The average molecular weight is 190 g/mol. The summed E-state index contributed by atoms with van der Waals surface area (Å²) in [7, 11) is 0. The van der Waals surface area contributed by atoms with Crippen molar-refractivity contribution in [3.63, 3.8) is 0 Å². The van der Waals surface area contributed by atoms with Crippen molar-refractivity contribution in [2.75, 3.05) is 20.1 Å². The van der Waals surface area contributed by atoms with Gasteiger partial charge >= 0.3 is 12.1 Å². The summed E-state index contributed by atoms with van der Waals surface area (Å²) in [5.41, 5.74) is 0. The fourth-order valence-corrected chi connectivity index (χ4v) is 0.395. The number of ether oxygens (including phenoxy) is 2. The molecule has 0 amide bonds. The maximum absolute atomic E-state index is 12.5. The first-order valence-electron chi connectivity index (χ1n) is 2.85. The summed E-state index contributed by atoms with van der Waals surface area (Å²) >= 11 is 0. The van der Waals surface area contributed by atoms with Crippen molar-refractivity contribution in [1.82, 2.24) is 0 Å². The molecule has 0 aliphatic carbocycles. The fraction of sp³-hybridized carbons (Fsp3) is 0.800. The smallest absolute Gasteiger partial charge is 0.313 e. The van der Waals surface area contributed by atoms with Crippen molar-refractivity contribution in [3.8, 4) is 0 Å². The molecule has 3 nitrogen and oxygen atoms in total. The third kappa shape index (κ3) is 3.14. The van der Waals surface area contributed by atoms with Crippen LogP contribution in [0.1, 0.15) is 0 Å². The molecule has 0 aromatic rings. The molecule has 0 saturated heterocycles. The molecule has 0 aliphatic heterocycles. The van der Waals surface area contributed by atoms with E-state index in [1.807, 2.05) is 0 Å². The van der Waals surface area contributed by atoms with Crippen LogP contribution in [0.25, 0.3) is 0 Å². The lowest BCUT2D eigenvalue weighted by Crippen LogP contribution is -2.38. The summed E-state index contributed by atoms with van der Waals surface area (Å²) in [4.78, 5) is 9.78. The van der Waals surface area contributed by atoms with Gasteiger partial charge in [0.1, 0.15) is 6.67 Å². The van der Waals surface area contributed by atoms with E-state index in [0.717, 1.165) is 0 Å². The molecule has 1 atom stereocenters. The van der Waals surface area contributed by atoms with Gasteiger partial charge in [0.25, 0.3) is 0 Å². The number of halogens is 4. The van der Waals surface area contributed by atoms with Gasteiger partial charge in [-0.25, -0.2) is 8.78 Å². The second-order valence-electron chi connectivity index (χ2n) is 1.60. The summed E-state index contributed by atoms with van der Waals surface area (Å²) in [6.45, 7) is -3.79. The Morgan fingerprint density at radius 3 is 2.25 bits per heavy atom. The van der Waals surface area contributed by atoms with Crippen LogP contribution in [0, 0.1) is 0 Å². The van der Waals surface area contributed by atoms with Gasteiger partial charge in [-0.05, 0) is 0 Å². The van der Waals surface area contributed by atoms with Crippen molar-refractivity contribution in [3.05, 3.63) is 0 Å². The van der Waals surface area contributed by atoms with Crippen LogP contribution in [-0.2, 0) is 14.3 Å². The highest BCUT2D eigenvalue weighted by molar-refractivity contribution is 5.74. The van der Waals surface area contributed by atoms with Gasteiger partial charge in [0.15, 0.2) is 6.86 Å². The molecule has 0 spiro atoms. The van der Waals surface area contributed by atoms with E-state index in [2.05, 4.69) is 9.47 Å². The lowest BCUT2D eigenvalue weighted by Gasteiger charge is -2.17. The predicted octanol–water partition coefficient (Wildman–Crippen LogP) is 1.04. The molecule has 0 heterocycles. The van der Waals surface area contributed by atoms with Crippen molar-refractivity contribution in [2.24, 2.45) is 0 Å². The first kappa shape index (κ1) is 11.3. The van der Waals surface area contributed by atoms with Crippen LogP contribution in [0.4, 0.5) is 17.6 Å². The Morgan fingerprint density at radius 2 is 1.92 bits per heavy atom. The SMILES string of the molecule is O=C(F)C(F)(OCF)OCCF. The van der Waals surface area contributed by atoms with Gasteiger partial charge in [-0.3, -0.25) is 9.53 Å². The van der Waals surface area contributed by atoms with E-state index in [1.54, 1.807) is 0 Å². The molecule has 0 aromatic heterocycles. The van der Waals surface area contributed by atoms with Crippen LogP contribution >= 0.6 is 0 Å². The minimum absolute atomic E-state index is 0.897. The van der Waals surface area contributed by atoms with Crippen molar-refractivity contribution in [1.29, 1.82) is 0 Å². The Balaban J connectivity index is 4.08. The lowest BCUT2D eigenvalue weighted by atomic mass is 10.6. The van der Waals surface area contributed by atoms with Gasteiger partial charge in [-0.15, -0.1) is 0 Å². The predicted molar refractivity (Wildman–Crippen MR) is 28.9 cm³/mol. The number of carbonyl (C=O) groups is 1. The molecule has 0 saturated carbocycles. The molecular formula is C5H6F4O3. The molecule has 12 heavy (non-hydrogen) atoms. The molecular weight excluding hydrogens is 184 g/mol. The van der Waals surface area contributed by atoms with Gasteiger partial charge in [0.2, 0.25) is 0 Å². The number of rotatable bonds is 6. The number of carbonyl (C=O) groups excluding carboxylic acids is 1. The molecule has 0 rings (SSSR count). The monoisotopic (exact) mass is 190 g/mol. The highest BCUT2D eigenvalue weighted by Crippen LogP contribution is 2.17. The Hall–Kier alpha value is -0.690. The van der Waals surface area contributed by atoms with E-state index in [9.17, 15) is 22.4 Å². The molecule has 0 aliphatic rings. The molecule has 0 N–H and O–H groups in total. The summed E-state index contributed by atoms with van der Waals surface area (Å²) in [6, 6.07) is -6.48. The van der Waals surface area contributed by atoms with E-state index < -0.39 is 32.2 Å². The van der Waals surface area contributed by atoms with Gasteiger partial charge in [0, 0.05) is 0 Å². The maximum atomic E-state index is 12.5. The maximum Gasteiger partial charge on any atom is 0.417 e. The average Bonchev–Trinajstić information content (AvgIpc) is 2.01. The molecule has 72 valence electrons. The van der Waals surface area contributed by atoms with Crippen LogP contribution < -0.4 is 0 Å².